The maximum atomic E-state index is 13.4. The molecule has 0 fully saturated rings. The molecule has 0 aliphatic heterocycles. The van der Waals surface area contributed by atoms with Gasteiger partial charge in [0, 0.05) is 43.3 Å². The average molecular weight is 695 g/mol. The number of aromatic nitrogens is 6. The summed E-state index contributed by atoms with van der Waals surface area (Å²) in [6.07, 6.45) is 2.62. The van der Waals surface area contributed by atoms with Crippen LogP contribution in [0.5, 0.6) is 17.2 Å². The lowest BCUT2D eigenvalue weighted by Gasteiger charge is -2.18. The van der Waals surface area contributed by atoms with Crippen LogP contribution >= 0.6 is 34.8 Å². The molecule has 0 aliphatic carbocycles. The van der Waals surface area contributed by atoms with E-state index in [-0.39, 0.29) is 40.2 Å². The van der Waals surface area contributed by atoms with Crippen molar-refractivity contribution in [3.8, 4) is 17.2 Å². The fourth-order valence-electron chi connectivity index (χ4n) is 3.70. The van der Waals surface area contributed by atoms with Crippen LogP contribution in [0.2, 0.25) is 15.3 Å². The summed E-state index contributed by atoms with van der Waals surface area (Å²) in [7, 11) is 6.32. The number of halogens is 5. The number of aromatic hydroxyl groups is 1. The Morgan fingerprint density at radius 3 is 1.78 bits per heavy atom. The van der Waals surface area contributed by atoms with Gasteiger partial charge in [-0.2, -0.15) is 9.97 Å². The quantitative estimate of drug-likeness (QED) is 0.165. The fraction of sp³-hybridized carbons (Fsp3) is 0.172. The Bertz CT molecular complexity index is 1810. The third-order valence-corrected chi connectivity index (χ3v) is 6.75. The molecule has 2 N–H and O–H groups in total. The highest BCUT2D eigenvalue weighted by Gasteiger charge is 2.15. The summed E-state index contributed by atoms with van der Waals surface area (Å²) in [4.78, 5) is 27.3. The predicted octanol–water partition coefficient (Wildman–Crippen LogP) is 7.62. The van der Waals surface area contributed by atoms with Gasteiger partial charge in [0.25, 0.3) is 0 Å². The summed E-state index contributed by atoms with van der Waals surface area (Å²) >= 11 is 17.2. The maximum absolute atomic E-state index is 13.4. The SMILES string of the molecule is C.CN(c1ccc(F)c(Cl)c1)c1ncnc(Cl)n1.COc1cc(Nc2ncnc(N(C)c3ccc(F)c(Cl)c3)n2)cc(O)c1OC. The molecular formula is C29H28Cl3F2N9O3. The van der Waals surface area contributed by atoms with Gasteiger partial charge in [-0.25, -0.2) is 28.7 Å². The van der Waals surface area contributed by atoms with Gasteiger partial charge < -0.3 is 29.7 Å². The number of phenolic OH excluding ortho intramolecular Hbond substituents is 1. The van der Waals surface area contributed by atoms with Crippen molar-refractivity contribution < 1.29 is 23.4 Å². The van der Waals surface area contributed by atoms with Gasteiger partial charge in [0.1, 0.15) is 24.3 Å². The zero-order valence-electron chi connectivity index (χ0n) is 24.0. The molecule has 0 unspecified atom stereocenters. The average Bonchev–Trinajstić information content (AvgIpc) is 3.03. The van der Waals surface area contributed by atoms with Gasteiger partial charge in [0.2, 0.25) is 28.9 Å². The minimum absolute atomic E-state index is 0. The standard InChI is InChI=1S/C18H17ClFN5O3.C10H7Cl2FN4.CH4/c1-25(11-4-5-13(20)12(19)8-11)18-22-9-21-17(24-18)23-10-6-14(26)16(28-3)15(7-10)27-2;1-17(10-15-5-14-9(12)16-10)6-2-3-8(13)7(11)4-6;/h4-9,26H,1-3H3,(H,21,22,23,24);2-5H,1H3;1H4. The molecule has 0 atom stereocenters. The van der Waals surface area contributed by atoms with Crippen molar-refractivity contribution in [1.82, 2.24) is 29.9 Å². The number of ether oxygens (including phenoxy) is 2. The first-order valence-electron chi connectivity index (χ1n) is 12.6. The second-order valence-corrected chi connectivity index (χ2v) is 9.99. The first-order chi connectivity index (χ1) is 21.5. The number of hydrogen-bond acceptors (Lipinski definition) is 12. The first-order valence-corrected chi connectivity index (χ1v) is 13.8. The van der Waals surface area contributed by atoms with Crippen molar-refractivity contribution >= 4 is 69.7 Å². The zero-order chi connectivity index (χ0) is 32.7. The number of nitrogens with zero attached hydrogens (tertiary/aromatic N) is 8. The van der Waals surface area contributed by atoms with Crippen LogP contribution in [0.1, 0.15) is 7.43 Å². The maximum Gasteiger partial charge on any atom is 0.234 e. The largest absolute Gasteiger partial charge is 0.504 e. The second kappa shape index (κ2) is 16.0. The topological polar surface area (TPSA) is 135 Å². The van der Waals surface area contributed by atoms with E-state index in [1.807, 2.05) is 0 Å². The van der Waals surface area contributed by atoms with Crippen LogP contribution in [0.25, 0.3) is 0 Å². The highest BCUT2D eigenvalue weighted by atomic mass is 35.5. The number of benzene rings is 3. The van der Waals surface area contributed by atoms with Crippen LogP contribution in [-0.4, -0.2) is 63.3 Å². The first kappa shape index (κ1) is 35.7. The molecule has 3 aromatic carbocycles. The molecule has 0 amide bonds. The summed E-state index contributed by atoms with van der Waals surface area (Å²) in [5.74, 6) is 0.378. The molecule has 5 aromatic rings. The van der Waals surface area contributed by atoms with E-state index in [0.29, 0.717) is 34.7 Å². The summed E-state index contributed by atoms with van der Waals surface area (Å²) in [5, 5.41) is 13.2. The van der Waals surface area contributed by atoms with Crippen LogP contribution < -0.4 is 24.6 Å². The number of hydrogen-bond donors (Lipinski definition) is 2. The lowest BCUT2D eigenvalue weighted by atomic mass is 10.2. The molecule has 2 heterocycles. The zero-order valence-corrected chi connectivity index (χ0v) is 26.3. The lowest BCUT2D eigenvalue weighted by Crippen LogP contribution is -2.14. The molecule has 0 aliphatic rings. The summed E-state index contributed by atoms with van der Waals surface area (Å²) in [6.45, 7) is 0. The second-order valence-electron chi connectivity index (χ2n) is 8.83. The monoisotopic (exact) mass is 693 g/mol. The highest BCUT2D eigenvalue weighted by Crippen LogP contribution is 2.39. The third kappa shape index (κ3) is 8.68. The molecule has 5 rings (SSSR count). The van der Waals surface area contributed by atoms with E-state index in [9.17, 15) is 13.9 Å². The minimum Gasteiger partial charge on any atom is -0.504 e. The van der Waals surface area contributed by atoms with Gasteiger partial charge >= 0.3 is 0 Å². The summed E-state index contributed by atoms with van der Waals surface area (Å²) in [5.41, 5.74) is 1.74. The van der Waals surface area contributed by atoms with E-state index in [2.05, 4.69) is 35.2 Å². The number of rotatable bonds is 8. The lowest BCUT2D eigenvalue weighted by molar-refractivity contribution is 0.333. The molecule has 0 bridgehead atoms. The molecule has 2 aromatic heterocycles. The van der Waals surface area contributed by atoms with Gasteiger partial charge in [-0.1, -0.05) is 30.6 Å². The van der Waals surface area contributed by atoms with Crippen LogP contribution in [0.15, 0.2) is 61.2 Å². The highest BCUT2D eigenvalue weighted by molar-refractivity contribution is 6.31. The molecule has 0 saturated heterocycles. The van der Waals surface area contributed by atoms with E-state index in [1.165, 1.54) is 57.2 Å². The van der Waals surface area contributed by atoms with Gasteiger partial charge in [0.05, 0.1) is 24.3 Å². The molecule has 46 heavy (non-hydrogen) atoms. The van der Waals surface area contributed by atoms with Crippen molar-refractivity contribution in [3.63, 3.8) is 0 Å². The Kier molecular flexibility index (Phi) is 12.4. The van der Waals surface area contributed by atoms with Gasteiger partial charge in [-0.3, -0.25) is 0 Å². The van der Waals surface area contributed by atoms with E-state index < -0.39 is 11.6 Å². The van der Waals surface area contributed by atoms with Crippen molar-refractivity contribution in [3.05, 3.63) is 88.1 Å². The number of phenols is 1. The van der Waals surface area contributed by atoms with Gasteiger partial charge in [-0.05, 0) is 48.0 Å². The predicted molar refractivity (Wildman–Crippen MR) is 175 cm³/mol. The van der Waals surface area contributed by atoms with Crippen molar-refractivity contribution in [2.45, 2.75) is 7.43 Å². The molecule has 242 valence electrons. The molecular weight excluding hydrogens is 667 g/mol. The normalized spacial score (nSPS) is 10.2. The fourth-order valence-corrected chi connectivity index (χ4v) is 4.17. The molecule has 0 radical (unpaired) electrons. The van der Waals surface area contributed by atoms with Crippen LogP contribution in [0.3, 0.4) is 0 Å². The Labute approximate surface area is 278 Å². The van der Waals surface area contributed by atoms with Crippen LogP contribution in [0, 0.1) is 11.6 Å². The summed E-state index contributed by atoms with van der Waals surface area (Å²) < 4.78 is 36.7. The van der Waals surface area contributed by atoms with Gasteiger partial charge in [-0.15, -0.1) is 0 Å². The van der Waals surface area contributed by atoms with Gasteiger partial charge in [0.15, 0.2) is 11.5 Å². The minimum atomic E-state index is -0.509. The van der Waals surface area contributed by atoms with E-state index in [1.54, 1.807) is 42.1 Å². The Balaban J connectivity index is 0.000000274. The smallest absolute Gasteiger partial charge is 0.234 e. The Morgan fingerprint density at radius 2 is 1.28 bits per heavy atom. The number of nitrogens with one attached hydrogen (secondary N) is 1. The van der Waals surface area contributed by atoms with E-state index in [0.717, 1.165) is 0 Å². The van der Waals surface area contributed by atoms with Crippen molar-refractivity contribution in [2.24, 2.45) is 0 Å². The Hall–Kier alpha value is -4.79. The molecule has 17 heteroatoms. The van der Waals surface area contributed by atoms with E-state index in [4.69, 9.17) is 44.3 Å². The van der Waals surface area contributed by atoms with E-state index >= 15 is 0 Å². The van der Waals surface area contributed by atoms with Crippen molar-refractivity contribution in [2.75, 3.05) is 43.4 Å². The number of anilines is 6. The summed E-state index contributed by atoms with van der Waals surface area (Å²) in [6, 6.07) is 11.7. The molecule has 0 spiro atoms. The van der Waals surface area contributed by atoms with Crippen molar-refractivity contribution in [1.29, 1.82) is 0 Å². The molecule has 12 nitrogen and oxygen atoms in total. The molecule has 0 saturated carbocycles. The number of methoxy groups -OCH3 is 2. The van der Waals surface area contributed by atoms with Crippen LogP contribution in [0.4, 0.5) is 43.7 Å². The van der Waals surface area contributed by atoms with Crippen LogP contribution in [-0.2, 0) is 0 Å². The Morgan fingerprint density at radius 1 is 0.739 bits per heavy atom. The third-order valence-electron chi connectivity index (χ3n) is 5.99.